The molecule has 4 nitrogen and oxygen atoms in total. The molecule has 1 N–H and O–H groups in total. The van der Waals surface area contributed by atoms with Crippen LogP contribution >= 0.6 is 23.1 Å². The van der Waals surface area contributed by atoms with Crippen molar-refractivity contribution in [3.8, 4) is 5.75 Å². The third-order valence-electron chi connectivity index (χ3n) is 2.71. The van der Waals surface area contributed by atoms with Crippen LogP contribution in [0, 0.1) is 13.8 Å². The van der Waals surface area contributed by atoms with Crippen LogP contribution in [0.4, 0.5) is 5.13 Å². The Hall–Kier alpha value is -1.53. The van der Waals surface area contributed by atoms with Crippen molar-refractivity contribution in [1.82, 2.24) is 10.2 Å². The maximum atomic E-state index is 5.82. The third-order valence-corrected chi connectivity index (χ3v) is 4.69. The molecule has 0 fully saturated rings. The van der Waals surface area contributed by atoms with Crippen molar-refractivity contribution in [2.45, 2.75) is 18.2 Å². The molecular weight excluding hydrogens is 302 g/mol. The number of aromatic nitrogens is 2. The van der Waals surface area contributed by atoms with Gasteiger partial charge in [-0.15, -0.1) is 16.8 Å². The van der Waals surface area contributed by atoms with Crippen LogP contribution in [0.3, 0.4) is 0 Å². The van der Waals surface area contributed by atoms with Crippen molar-refractivity contribution in [1.29, 1.82) is 0 Å². The summed E-state index contributed by atoms with van der Waals surface area (Å²) in [6, 6.07) is 6.25. The molecule has 0 saturated carbocycles. The zero-order valence-electron chi connectivity index (χ0n) is 12.3. The lowest BCUT2D eigenvalue weighted by molar-refractivity contribution is 0.341. The monoisotopic (exact) mass is 321 g/mol. The van der Waals surface area contributed by atoms with Gasteiger partial charge in [0.2, 0.25) is 5.13 Å². The minimum atomic E-state index is 0.657. The van der Waals surface area contributed by atoms with E-state index < -0.39 is 0 Å². The normalized spacial score (nSPS) is 10.4. The molecule has 1 heterocycles. The van der Waals surface area contributed by atoms with E-state index in [1.165, 1.54) is 5.56 Å². The number of ether oxygens (including phenoxy) is 1. The lowest BCUT2D eigenvalue weighted by Gasteiger charge is -2.09. The number of benzene rings is 1. The maximum Gasteiger partial charge on any atom is 0.206 e. The van der Waals surface area contributed by atoms with Crippen LogP contribution < -0.4 is 10.1 Å². The largest absolute Gasteiger partial charge is 0.492 e. The topological polar surface area (TPSA) is 47.0 Å². The van der Waals surface area contributed by atoms with Crippen LogP contribution in [0.5, 0.6) is 5.75 Å². The van der Waals surface area contributed by atoms with Crippen LogP contribution in [-0.2, 0) is 0 Å². The Balaban J connectivity index is 1.75. The lowest BCUT2D eigenvalue weighted by atomic mass is 10.1. The fourth-order valence-electron chi connectivity index (χ4n) is 1.64. The van der Waals surface area contributed by atoms with Crippen LogP contribution in [-0.4, -0.2) is 29.1 Å². The number of thioether (sulfide) groups is 1. The number of nitrogens with zero attached hydrogens (tertiary/aromatic N) is 2. The Labute approximate surface area is 133 Å². The zero-order chi connectivity index (χ0) is 15.1. The van der Waals surface area contributed by atoms with E-state index in [9.17, 15) is 0 Å². The predicted molar refractivity (Wildman–Crippen MR) is 90.7 cm³/mol. The molecule has 2 rings (SSSR count). The van der Waals surface area contributed by atoms with Crippen LogP contribution in [0.25, 0.3) is 0 Å². The van der Waals surface area contributed by atoms with Gasteiger partial charge >= 0.3 is 0 Å². The van der Waals surface area contributed by atoms with Crippen molar-refractivity contribution >= 4 is 28.2 Å². The molecule has 0 atom stereocenters. The van der Waals surface area contributed by atoms with E-state index in [0.717, 1.165) is 26.5 Å². The van der Waals surface area contributed by atoms with Gasteiger partial charge in [0.15, 0.2) is 4.34 Å². The summed E-state index contributed by atoms with van der Waals surface area (Å²) in [6.07, 6.45) is 1.80. The Bertz CT molecular complexity index is 598. The summed E-state index contributed by atoms with van der Waals surface area (Å²) in [6.45, 7) is 9.15. The van der Waals surface area contributed by atoms with E-state index in [4.69, 9.17) is 4.74 Å². The van der Waals surface area contributed by atoms with Gasteiger partial charge in [-0.2, -0.15) is 0 Å². The zero-order valence-corrected chi connectivity index (χ0v) is 13.9. The van der Waals surface area contributed by atoms with Gasteiger partial charge in [-0.3, -0.25) is 0 Å². The summed E-state index contributed by atoms with van der Waals surface area (Å²) >= 11 is 3.21. The molecule has 0 bridgehead atoms. The molecule has 112 valence electrons. The van der Waals surface area contributed by atoms with Crippen molar-refractivity contribution in [2.75, 3.05) is 24.2 Å². The van der Waals surface area contributed by atoms with Crippen LogP contribution in [0.15, 0.2) is 35.2 Å². The second-order valence-corrected chi connectivity index (χ2v) is 6.83. The van der Waals surface area contributed by atoms with Gasteiger partial charge < -0.3 is 10.1 Å². The van der Waals surface area contributed by atoms with Crippen molar-refractivity contribution in [2.24, 2.45) is 0 Å². The summed E-state index contributed by atoms with van der Waals surface area (Å²) < 4.78 is 6.77. The first-order valence-electron chi connectivity index (χ1n) is 6.70. The predicted octanol–water partition coefficient (Wildman–Crippen LogP) is 3.92. The molecule has 0 radical (unpaired) electrons. The first-order chi connectivity index (χ1) is 10.2. The molecule has 0 saturated heterocycles. The van der Waals surface area contributed by atoms with Crippen LogP contribution in [0.1, 0.15) is 11.1 Å². The molecule has 0 amide bonds. The Morgan fingerprint density at radius 2 is 2.24 bits per heavy atom. The first kappa shape index (κ1) is 15.9. The quantitative estimate of drug-likeness (QED) is 0.453. The number of aryl methyl sites for hydroxylation is 2. The highest BCUT2D eigenvalue weighted by Gasteiger charge is 2.04. The minimum absolute atomic E-state index is 0.657. The smallest absolute Gasteiger partial charge is 0.206 e. The molecule has 1 aromatic carbocycles. The Morgan fingerprint density at radius 1 is 1.38 bits per heavy atom. The molecule has 1 aromatic heterocycles. The lowest BCUT2D eigenvalue weighted by Crippen LogP contribution is -2.01. The van der Waals surface area contributed by atoms with Crippen molar-refractivity contribution in [3.63, 3.8) is 0 Å². The molecule has 0 aliphatic carbocycles. The SMILES string of the molecule is C=CCNc1nnc(SCCOc2cc(C)ccc2C)s1. The molecular formula is C15H19N3OS2. The van der Waals surface area contributed by atoms with Gasteiger partial charge in [0.05, 0.1) is 6.61 Å². The second-order valence-electron chi connectivity index (χ2n) is 4.51. The standard InChI is InChI=1S/C15H19N3OS2/c1-4-7-16-14-17-18-15(21-14)20-9-8-19-13-10-11(2)5-6-12(13)3/h4-6,10H,1,7-9H2,2-3H3,(H,16,17). The highest BCUT2D eigenvalue weighted by Crippen LogP contribution is 2.25. The van der Waals surface area contributed by atoms with E-state index in [0.29, 0.717) is 13.2 Å². The summed E-state index contributed by atoms with van der Waals surface area (Å²) in [7, 11) is 0. The summed E-state index contributed by atoms with van der Waals surface area (Å²) in [4.78, 5) is 0. The van der Waals surface area contributed by atoms with Gasteiger partial charge in [-0.25, -0.2) is 0 Å². The van der Waals surface area contributed by atoms with Gasteiger partial charge in [0.1, 0.15) is 5.75 Å². The number of anilines is 1. The highest BCUT2D eigenvalue weighted by molar-refractivity contribution is 8.01. The average molecular weight is 321 g/mol. The summed E-state index contributed by atoms with van der Waals surface area (Å²) in [5.74, 6) is 1.81. The highest BCUT2D eigenvalue weighted by atomic mass is 32.2. The number of rotatable bonds is 8. The summed E-state index contributed by atoms with van der Waals surface area (Å²) in [5, 5.41) is 12.1. The van der Waals surface area contributed by atoms with E-state index in [1.807, 2.05) is 0 Å². The molecule has 0 aliphatic heterocycles. The van der Waals surface area contributed by atoms with Gasteiger partial charge in [-0.05, 0) is 31.0 Å². The van der Waals surface area contributed by atoms with Crippen LogP contribution in [0.2, 0.25) is 0 Å². The molecule has 21 heavy (non-hydrogen) atoms. The fraction of sp³-hybridized carbons (Fsp3) is 0.333. The third kappa shape index (κ3) is 5.06. The summed E-state index contributed by atoms with van der Waals surface area (Å²) in [5.41, 5.74) is 2.38. The fourth-order valence-corrected chi connectivity index (χ4v) is 3.29. The minimum Gasteiger partial charge on any atom is -0.492 e. The molecule has 0 unspecified atom stereocenters. The number of hydrogen-bond donors (Lipinski definition) is 1. The van der Waals surface area contributed by atoms with E-state index in [2.05, 4.69) is 54.1 Å². The maximum absolute atomic E-state index is 5.82. The molecule has 6 heteroatoms. The van der Waals surface area contributed by atoms with E-state index >= 15 is 0 Å². The van der Waals surface area contributed by atoms with Gasteiger partial charge in [-0.1, -0.05) is 41.3 Å². The number of nitrogens with one attached hydrogen (secondary N) is 1. The second kappa shape index (κ2) is 8.05. The van der Waals surface area contributed by atoms with Crippen molar-refractivity contribution in [3.05, 3.63) is 42.0 Å². The molecule has 0 aliphatic rings. The average Bonchev–Trinajstić information content (AvgIpc) is 2.92. The molecule has 2 aromatic rings. The first-order valence-corrected chi connectivity index (χ1v) is 8.50. The van der Waals surface area contributed by atoms with Gasteiger partial charge in [0.25, 0.3) is 0 Å². The van der Waals surface area contributed by atoms with Crippen molar-refractivity contribution < 1.29 is 4.74 Å². The van der Waals surface area contributed by atoms with E-state index in [1.54, 1.807) is 29.2 Å². The Morgan fingerprint density at radius 3 is 3.05 bits per heavy atom. The number of hydrogen-bond acceptors (Lipinski definition) is 6. The van der Waals surface area contributed by atoms with E-state index in [-0.39, 0.29) is 0 Å². The Kier molecular flexibility index (Phi) is 6.07. The van der Waals surface area contributed by atoms with Gasteiger partial charge in [0, 0.05) is 12.3 Å². The molecule has 0 spiro atoms.